The van der Waals surface area contributed by atoms with Gasteiger partial charge in [-0.15, -0.1) is 0 Å². The third-order valence-electron chi connectivity index (χ3n) is 6.83. The first-order valence-electron chi connectivity index (χ1n) is 11.8. The Morgan fingerprint density at radius 3 is 1.69 bits per heavy atom. The highest BCUT2D eigenvalue weighted by atomic mass is 14.8. The molecule has 3 heteroatoms. The van der Waals surface area contributed by atoms with Crippen LogP contribution >= 0.6 is 0 Å². The lowest BCUT2D eigenvalue weighted by molar-refractivity contribution is 1.35. The van der Waals surface area contributed by atoms with Gasteiger partial charge >= 0.3 is 0 Å². The molecule has 0 amide bonds. The van der Waals surface area contributed by atoms with Crippen LogP contribution in [0.15, 0.2) is 121 Å². The predicted octanol–water partition coefficient (Wildman–Crippen LogP) is 7.79. The number of hydrogen-bond acceptors (Lipinski definition) is 3. The molecule has 3 nitrogen and oxygen atoms in total. The molecule has 0 saturated heterocycles. The van der Waals surface area contributed by atoms with Gasteiger partial charge in [-0.2, -0.15) is 0 Å². The molecule has 4 aromatic carbocycles. The average molecular weight is 448 g/mol. The summed E-state index contributed by atoms with van der Waals surface area (Å²) in [6.07, 6.45) is 8.63. The predicted molar refractivity (Wildman–Crippen MR) is 144 cm³/mol. The van der Waals surface area contributed by atoms with Crippen molar-refractivity contribution in [1.29, 1.82) is 0 Å². The topological polar surface area (TPSA) is 38.1 Å². The molecule has 0 saturated carbocycles. The SMILES string of the molecule is c1ccc2c(c1)CC(c1cc(-c3cncc4ccccc34)cc(-c3cncc4ccccc34)c1)=N2. The molecule has 0 atom stereocenters. The van der Waals surface area contributed by atoms with E-state index in [-0.39, 0.29) is 0 Å². The van der Waals surface area contributed by atoms with Gasteiger partial charge in [0.15, 0.2) is 0 Å². The second-order valence-corrected chi connectivity index (χ2v) is 8.98. The van der Waals surface area contributed by atoms with E-state index in [0.29, 0.717) is 0 Å². The third kappa shape index (κ3) is 3.41. The van der Waals surface area contributed by atoms with Crippen LogP contribution in [0, 0.1) is 0 Å². The number of rotatable bonds is 3. The van der Waals surface area contributed by atoms with Gasteiger partial charge in [-0.3, -0.25) is 15.0 Å². The highest BCUT2D eigenvalue weighted by Crippen LogP contribution is 2.36. The lowest BCUT2D eigenvalue weighted by Gasteiger charge is -2.13. The Morgan fingerprint density at radius 1 is 0.514 bits per heavy atom. The Bertz CT molecular complexity index is 1670. The van der Waals surface area contributed by atoms with Crippen LogP contribution in [0.3, 0.4) is 0 Å². The van der Waals surface area contributed by atoms with Crippen LogP contribution < -0.4 is 0 Å². The minimum absolute atomic E-state index is 0.834. The molecule has 0 bridgehead atoms. The Morgan fingerprint density at radius 2 is 1.06 bits per heavy atom. The highest BCUT2D eigenvalue weighted by Gasteiger charge is 2.18. The molecule has 2 aromatic heterocycles. The lowest BCUT2D eigenvalue weighted by atomic mass is 9.91. The summed E-state index contributed by atoms with van der Waals surface area (Å²) in [6.45, 7) is 0. The molecule has 35 heavy (non-hydrogen) atoms. The summed E-state index contributed by atoms with van der Waals surface area (Å²) in [4.78, 5) is 14.1. The summed E-state index contributed by atoms with van der Waals surface area (Å²) in [5, 5.41) is 4.65. The molecule has 6 aromatic rings. The summed E-state index contributed by atoms with van der Waals surface area (Å²) in [7, 11) is 0. The number of pyridine rings is 2. The fourth-order valence-corrected chi connectivity index (χ4v) is 5.10. The summed E-state index contributed by atoms with van der Waals surface area (Å²) in [6, 6.07) is 32.0. The van der Waals surface area contributed by atoms with Crippen LogP contribution in [0.5, 0.6) is 0 Å². The van der Waals surface area contributed by atoms with Gasteiger partial charge in [0, 0.05) is 53.1 Å². The second-order valence-electron chi connectivity index (χ2n) is 8.98. The van der Waals surface area contributed by atoms with Crippen molar-refractivity contribution in [2.45, 2.75) is 6.42 Å². The van der Waals surface area contributed by atoms with Gasteiger partial charge in [0.1, 0.15) is 0 Å². The molecule has 1 aliphatic rings. The molecule has 0 spiro atoms. The number of benzene rings is 4. The van der Waals surface area contributed by atoms with Crippen molar-refractivity contribution >= 4 is 32.9 Å². The van der Waals surface area contributed by atoms with E-state index in [1.165, 1.54) is 16.3 Å². The van der Waals surface area contributed by atoms with E-state index in [4.69, 9.17) is 4.99 Å². The molecule has 0 unspecified atom stereocenters. The van der Waals surface area contributed by atoms with E-state index in [9.17, 15) is 0 Å². The van der Waals surface area contributed by atoms with Crippen molar-refractivity contribution in [3.63, 3.8) is 0 Å². The smallest absolute Gasteiger partial charge is 0.0669 e. The Balaban J connectivity index is 1.48. The van der Waals surface area contributed by atoms with Crippen LogP contribution in [0.1, 0.15) is 11.1 Å². The van der Waals surface area contributed by atoms with Crippen LogP contribution in [0.25, 0.3) is 43.8 Å². The summed E-state index contributed by atoms with van der Waals surface area (Å²) in [5.74, 6) is 0. The Kier molecular flexibility index (Phi) is 4.52. The third-order valence-corrected chi connectivity index (χ3v) is 6.83. The van der Waals surface area contributed by atoms with E-state index < -0.39 is 0 Å². The molecule has 0 N–H and O–H groups in total. The van der Waals surface area contributed by atoms with E-state index >= 15 is 0 Å². The average Bonchev–Trinajstić information content (AvgIpc) is 3.37. The minimum Gasteiger partial charge on any atom is -0.263 e. The Hall–Kier alpha value is -4.63. The van der Waals surface area contributed by atoms with Crippen molar-refractivity contribution in [3.05, 3.63) is 127 Å². The molecule has 7 rings (SSSR count). The van der Waals surface area contributed by atoms with Gasteiger partial charge in [-0.1, -0.05) is 66.7 Å². The van der Waals surface area contributed by atoms with Gasteiger partial charge in [0.05, 0.1) is 11.4 Å². The maximum absolute atomic E-state index is 5.00. The van der Waals surface area contributed by atoms with E-state index in [2.05, 4.69) is 101 Å². The number of para-hydroxylation sites is 1. The summed E-state index contributed by atoms with van der Waals surface area (Å²) >= 11 is 0. The molecular formula is C32H21N3. The van der Waals surface area contributed by atoms with Crippen molar-refractivity contribution < 1.29 is 0 Å². The summed E-state index contributed by atoms with van der Waals surface area (Å²) in [5.41, 5.74) is 9.07. The van der Waals surface area contributed by atoms with Crippen molar-refractivity contribution in [3.8, 4) is 22.3 Å². The van der Waals surface area contributed by atoms with Gasteiger partial charge in [-0.05, 0) is 57.3 Å². The van der Waals surface area contributed by atoms with Gasteiger partial charge in [-0.25, -0.2) is 0 Å². The highest BCUT2D eigenvalue weighted by molar-refractivity contribution is 6.09. The van der Waals surface area contributed by atoms with Crippen LogP contribution in [0.2, 0.25) is 0 Å². The summed E-state index contributed by atoms with van der Waals surface area (Å²) < 4.78 is 0. The second kappa shape index (κ2) is 8.00. The monoisotopic (exact) mass is 447 g/mol. The molecular weight excluding hydrogens is 426 g/mol. The number of hydrogen-bond donors (Lipinski definition) is 0. The first kappa shape index (κ1) is 19.8. The fraction of sp³-hybridized carbons (Fsp3) is 0.0312. The van der Waals surface area contributed by atoms with E-state index in [0.717, 1.165) is 56.4 Å². The van der Waals surface area contributed by atoms with E-state index in [1.807, 2.05) is 24.8 Å². The van der Waals surface area contributed by atoms with Crippen molar-refractivity contribution in [2.24, 2.45) is 4.99 Å². The molecule has 0 fully saturated rings. The number of nitrogens with zero attached hydrogens (tertiary/aromatic N) is 3. The van der Waals surface area contributed by atoms with Gasteiger partial charge in [0.25, 0.3) is 0 Å². The molecule has 164 valence electrons. The Labute approximate surface area is 203 Å². The quantitative estimate of drug-likeness (QED) is 0.278. The largest absolute Gasteiger partial charge is 0.263 e. The molecule has 0 radical (unpaired) electrons. The van der Waals surface area contributed by atoms with Crippen LogP contribution in [0.4, 0.5) is 5.69 Å². The normalized spacial score (nSPS) is 12.6. The van der Waals surface area contributed by atoms with Crippen molar-refractivity contribution in [1.82, 2.24) is 9.97 Å². The molecule has 1 aliphatic heterocycles. The minimum atomic E-state index is 0.834. The van der Waals surface area contributed by atoms with Gasteiger partial charge in [0.2, 0.25) is 0 Å². The van der Waals surface area contributed by atoms with Crippen LogP contribution in [-0.4, -0.2) is 15.7 Å². The first-order valence-corrected chi connectivity index (χ1v) is 11.8. The van der Waals surface area contributed by atoms with Crippen molar-refractivity contribution in [2.75, 3.05) is 0 Å². The molecule has 3 heterocycles. The van der Waals surface area contributed by atoms with Gasteiger partial charge < -0.3 is 0 Å². The zero-order valence-electron chi connectivity index (χ0n) is 19.0. The zero-order valence-corrected chi connectivity index (χ0v) is 19.0. The maximum atomic E-state index is 5.00. The number of aromatic nitrogens is 2. The number of fused-ring (bicyclic) bond motifs is 3. The van der Waals surface area contributed by atoms with Crippen LogP contribution in [-0.2, 0) is 6.42 Å². The molecule has 0 aliphatic carbocycles. The van der Waals surface area contributed by atoms with E-state index in [1.54, 1.807) is 0 Å². The fourth-order valence-electron chi connectivity index (χ4n) is 5.10. The lowest BCUT2D eigenvalue weighted by Crippen LogP contribution is -2.02. The zero-order chi connectivity index (χ0) is 23.2. The first-order chi connectivity index (χ1) is 17.3. The standard InChI is InChI=1S/C32H21N3/c1-4-10-27-22(8-1)17-33-19-29(27)24-13-25(30-20-34-18-23-9-2-5-11-28(23)30)15-26(14-24)32-16-21-7-3-6-12-31(21)35-32/h1-15,17-20H,16H2. The number of aliphatic imine (C=N–C) groups is 1. The maximum Gasteiger partial charge on any atom is 0.0669 e.